The predicted octanol–water partition coefficient (Wildman–Crippen LogP) is 1.78. The van der Waals surface area contributed by atoms with Crippen molar-refractivity contribution in [2.24, 2.45) is 0 Å². The van der Waals surface area contributed by atoms with Crippen LogP contribution >= 0.6 is 12.2 Å². The molecule has 2 aliphatic heterocycles. The van der Waals surface area contributed by atoms with Crippen LogP contribution in [-0.2, 0) is 5.54 Å². The number of thiocarbonyl (C=S) groups is 1. The summed E-state index contributed by atoms with van der Waals surface area (Å²) >= 11 is 5.14. The maximum absolute atomic E-state index is 5.47. The van der Waals surface area contributed by atoms with Crippen molar-refractivity contribution in [1.82, 2.24) is 10.6 Å². The van der Waals surface area contributed by atoms with Crippen LogP contribution < -0.4 is 15.4 Å². The van der Waals surface area contributed by atoms with Gasteiger partial charge in [-0.25, -0.2) is 0 Å². The molecule has 1 aromatic rings. The van der Waals surface area contributed by atoms with Crippen molar-refractivity contribution in [2.45, 2.75) is 5.54 Å². The van der Waals surface area contributed by atoms with Crippen LogP contribution in [0.3, 0.4) is 0 Å². The molecule has 1 unspecified atom stereocenters. The second-order valence-electron chi connectivity index (χ2n) is 3.72. The van der Waals surface area contributed by atoms with E-state index in [1.807, 2.05) is 42.6 Å². The summed E-state index contributed by atoms with van der Waals surface area (Å²) in [5.41, 5.74) is 0.689. The summed E-state index contributed by atoms with van der Waals surface area (Å²) < 4.78 is 5.47. The Balaban J connectivity index is 2.17. The maximum Gasteiger partial charge on any atom is 0.171 e. The third kappa shape index (κ3) is 1.31. The third-order valence-electron chi connectivity index (χ3n) is 2.74. The predicted molar refractivity (Wildman–Crippen MR) is 65.9 cm³/mol. The number of hydrogen-bond donors (Lipinski definition) is 2. The molecule has 0 aromatic heterocycles. The van der Waals surface area contributed by atoms with Crippen LogP contribution in [-0.4, -0.2) is 5.11 Å². The number of rotatable bonds is 0. The highest BCUT2D eigenvalue weighted by atomic mass is 32.1. The Hall–Kier alpha value is -1.81. The summed E-state index contributed by atoms with van der Waals surface area (Å²) in [6, 6.07) is 7.92. The monoisotopic (exact) mass is 230 g/mol. The van der Waals surface area contributed by atoms with Gasteiger partial charge < -0.3 is 15.4 Å². The van der Waals surface area contributed by atoms with Crippen LogP contribution in [0.2, 0.25) is 0 Å². The van der Waals surface area contributed by atoms with Crippen LogP contribution in [0.4, 0.5) is 0 Å². The molecule has 1 atom stereocenters. The highest BCUT2D eigenvalue weighted by Crippen LogP contribution is 2.36. The molecule has 80 valence electrons. The van der Waals surface area contributed by atoms with Crippen molar-refractivity contribution in [3.63, 3.8) is 0 Å². The van der Waals surface area contributed by atoms with Gasteiger partial charge in [-0.3, -0.25) is 0 Å². The molecule has 0 saturated heterocycles. The van der Waals surface area contributed by atoms with E-state index in [9.17, 15) is 0 Å². The Morgan fingerprint density at radius 2 is 2.06 bits per heavy atom. The first-order chi connectivity index (χ1) is 7.80. The second kappa shape index (κ2) is 3.35. The lowest BCUT2D eigenvalue weighted by Gasteiger charge is -2.36. The van der Waals surface area contributed by atoms with E-state index in [1.165, 1.54) is 0 Å². The third-order valence-corrected chi connectivity index (χ3v) is 2.96. The molecule has 2 N–H and O–H groups in total. The molecule has 16 heavy (non-hydrogen) atoms. The molecule has 3 nitrogen and oxygen atoms in total. The molecule has 0 saturated carbocycles. The molecule has 0 radical (unpaired) electrons. The first-order valence-corrected chi connectivity index (χ1v) is 5.41. The lowest BCUT2D eigenvalue weighted by molar-refractivity contribution is 0.423. The lowest BCUT2D eigenvalue weighted by atomic mass is 9.87. The summed E-state index contributed by atoms with van der Waals surface area (Å²) in [5.74, 6) is 0.854. The molecule has 2 aliphatic rings. The minimum Gasteiger partial charge on any atom is -0.465 e. The van der Waals surface area contributed by atoms with Gasteiger partial charge in [0.15, 0.2) is 5.11 Å². The lowest BCUT2D eigenvalue weighted by Crippen LogP contribution is -2.50. The molecule has 1 aromatic carbocycles. The Labute approximate surface area is 98.8 Å². The molecule has 0 bridgehead atoms. The van der Waals surface area contributed by atoms with Gasteiger partial charge in [-0.1, -0.05) is 18.2 Å². The summed E-state index contributed by atoms with van der Waals surface area (Å²) in [5, 5.41) is 6.82. The number of hydrogen-bond acceptors (Lipinski definition) is 2. The van der Waals surface area contributed by atoms with Crippen LogP contribution in [0, 0.1) is 0 Å². The molecule has 2 heterocycles. The number of benzene rings is 1. The zero-order valence-electron chi connectivity index (χ0n) is 8.44. The average molecular weight is 230 g/mol. The quantitative estimate of drug-likeness (QED) is 0.666. The average Bonchev–Trinajstić information content (AvgIpc) is 2.30. The molecule has 0 amide bonds. The van der Waals surface area contributed by atoms with Gasteiger partial charge in [-0.2, -0.15) is 0 Å². The second-order valence-corrected chi connectivity index (χ2v) is 4.13. The molecule has 0 fully saturated rings. The number of fused-ring (bicyclic) bond motifs is 2. The van der Waals surface area contributed by atoms with Gasteiger partial charge in [0, 0.05) is 11.8 Å². The Morgan fingerprint density at radius 3 is 2.94 bits per heavy atom. The van der Waals surface area contributed by atoms with Gasteiger partial charge in [-0.15, -0.1) is 0 Å². The van der Waals surface area contributed by atoms with E-state index in [2.05, 4.69) is 10.6 Å². The summed E-state index contributed by atoms with van der Waals surface area (Å²) in [6.07, 6.45) is 7.53. The van der Waals surface area contributed by atoms with Crippen molar-refractivity contribution in [2.75, 3.05) is 0 Å². The van der Waals surface area contributed by atoms with E-state index in [1.54, 1.807) is 6.26 Å². The molecule has 4 heteroatoms. The van der Waals surface area contributed by atoms with Gasteiger partial charge in [0.05, 0.1) is 6.26 Å². The first kappa shape index (κ1) is 9.42. The summed E-state index contributed by atoms with van der Waals surface area (Å²) in [6.45, 7) is 0. The normalized spacial score (nSPS) is 25.6. The van der Waals surface area contributed by atoms with Crippen LogP contribution in [0.1, 0.15) is 5.56 Å². The van der Waals surface area contributed by atoms with Crippen molar-refractivity contribution in [3.05, 3.63) is 54.4 Å². The molecular formula is C12H10N2OS. The van der Waals surface area contributed by atoms with Crippen LogP contribution in [0.5, 0.6) is 5.75 Å². The minimum absolute atomic E-state index is 0.378. The van der Waals surface area contributed by atoms with E-state index in [0.29, 0.717) is 5.11 Å². The Morgan fingerprint density at radius 1 is 1.19 bits per heavy atom. The van der Waals surface area contributed by atoms with E-state index in [4.69, 9.17) is 17.0 Å². The highest BCUT2D eigenvalue weighted by Gasteiger charge is 2.34. The SMILES string of the molecule is S=C1NC=CC2(C=COc3ccccc32)N1. The summed E-state index contributed by atoms with van der Waals surface area (Å²) in [4.78, 5) is 0. The first-order valence-electron chi connectivity index (χ1n) is 5.00. The molecule has 0 aliphatic carbocycles. The fraction of sp³-hybridized carbons (Fsp3) is 0.0833. The Kier molecular flexibility index (Phi) is 1.97. The van der Waals surface area contributed by atoms with Crippen molar-refractivity contribution < 1.29 is 4.74 Å². The smallest absolute Gasteiger partial charge is 0.171 e. The fourth-order valence-electron chi connectivity index (χ4n) is 1.98. The molecule has 3 rings (SSSR count). The van der Waals surface area contributed by atoms with E-state index < -0.39 is 0 Å². The van der Waals surface area contributed by atoms with Gasteiger partial charge >= 0.3 is 0 Å². The number of nitrogens with one attached hydrogen (secondary N) is 2. The maximum atomic E-state index is 5.47. The topological polar surface area (TPSA) is 33.3 Å². The molecule has 1 spiro atoms. The van der Waals surface area contributed by atoms with Gasteiger partial charge in [0.2, 0.25) is 0 Å². The van der Waals surface area contributed by atoms with E-state index in [-0.39, 0.29) is 5.54 Å². The van der Waals surface area contributed by atoms with E-state index >= 15 is 0 Å². The van der Waals surface area contributed by atoms with Gasteiger partial charge in [0.1, 0.15) is 11.3 Å². The van der Waals surface area contributed by atoms with Crippen molar-refractivity contribution in [1.29, 1.82) is 0 Å². The largest absolute Gasteiger partial charge is 0.465 e. The number of para-hydroxylation sites is 1. The van der Waals surface area contributed by atoms with Gasteiger partial charge in [0.25, 0.3) is 0 Å². The van der Waals surface area contributed by atoms with Crippen LogP contribution in [0.15, 0.2) is 48.9 Å². The highest BCUT2D eigenvalue weighted by molar-refractivity contribution is 7.80. The zero-order chi connectivity index (χ0) is 11.0. The van der Waals surface area contributed by atoms with Crippen LogP contribution in [0.25, 0.3) is 0 Å². The van der Waals surface area contributed by atoms with Gasteiger partial charge in [-0.05, 0) is 30.4 Å². The van der Waals surface area contributed by atoms with E-state index in [0.717, 1.165) is 11.3 Å². The number of ether oxygens (including phenoxy) is 1. The Bertz CT molecular complexity index is 509. The molecular weight excluding hydrogens is 220 g/mol. The van der Waals surface area contributed by atoms with Crippen molar-refractivity contribution in [3.8, 4) is 5.75 Å². The zero-order valence-corrected chi connectivity index (χ0v) is 9.25. The standard InChI is InChI=1S/C12H10N2OS/c16-11-13-7-5-12(14-11)6-8-15-10-4-2-1-3-9(10)12/h1-8H,(H2,13,14,16). The summed E-state index contributed by atoms with van der Waals surface area (Å²) in [7, 11) is 0. The van der Waals surface area contributed by atoms with Crippen molar-refractivity contribution >= 4 is 17.3 Å². The fourth-order valence-corrected chi connectivity index (χ4v) is 2.22. The minimum atomic E-state index is -0.378.